The summed E-state index contributed by atoms with van der Waals surface area (Å²) < 4.78 is 5.23. The molecule has 1 aromatic carbocycles. The number of hydrogen-bond acceptors (Lipinski definition) is 6. The summed E-state index contributed by atoms with van der Waals surface area (Å²) in [5.41, 5.74) is 2.09. The summed E-state index contributed by atoms with van der Waals surface area (Å²) in [6, 6.07) is 8.08. The van der Waals surface area contributed by atoms with Crippen LogP contribution in [0.2, 0.25) is 0 Å². The highest BCUT2D eigenvalue weighted by Gasteiger charge is 2.45. The molecule has 1 fully saturated rings. The quantitative estimate of drug-likeness (QED) is 0.430. The Morgan fingerprint density at radius 1 is 1.20 bits per heavy atom. The highest BCUT2D eigenvalue weighted by atomic mass is 16.5. The van der Waals surface area contributed by atoms with E-state index in [1.807, 2.05) is 25.9 Å². The van der Waals surface area contributed by atoms with Crippen LogP contribution in [0, 0.1) is 6.92 Å². The van der Waals surface area contributed by atoms with Crippen LogP contribution in [0.4, 0.5) is 0 Å². The third-order valence-electron chi connectivity index (χ3n) is 5.25. The number of benzene rings is 1. The number of carbonyl (C=O) groups excluding carboxylic acids is 2. The number of rotatable bonds is 7. The monoisotopic (exact) mass is 409 g/mol. The lowest BCUT2D eigenvalue weighted by molar-refractivity contribution is -0.139. The number of likely N-dealkylation sites (tertiary alicyclic amines) is 1. The number of ether oxygens (including phenoxy) is 1. The second kappa shape index (κ2) is 9.09. The van der Waals surface area contributed by atoms with Gasteiger partial charge in [0.15, 0.2) is 0 Å². The van der Waals surface area contributed by atoms with Crippen molar-refractivity contribution in [1.29, 1.82) is 0 Å². The van der Waals surface area contributed by atoms with Crippen LogP contribution in [0.3, 0.4) is 0 Å². The predicted octanol–water partition coefficient (Wildman–Crippen LogP) is 2.77. The van der Waals surface area contributed by atoms with Gasteiger partial charge in [0.1, 0.15) is 11.5 Å². The fourth-order valence-corrected chi connectivity index (χ4v) is 3.73. The maximum atomic E-state index is 13.0. The average Bonchev–Trinajstić information content (AvgIpc) is 2.98. The smallest absolute Gasteiger partial charge is 0.295 e. The maximum Gasteiger partial charge on any atom is 0.295 e. The molecule has 30 heavy (non-hydrogen) atoms. The Morgan fingerprint density at radius 3 is 2.50 bits per heavy atom. The van der Waals surface area contributed by atoms with E-state index in [4.69, 9.17) is 4.74 Å². The van der Waals surface area contributed by atoms with Gasteiger partial charge in [-0.05, 0) is 75.4 Å². The van der Waals surface area contributed by atoms with Gasteiger partial charge in [-0.3, -0.25) is 14.6 Å². The molecule has 1 atom stereocenters. The summed E-state index contributed by atoms with van der Waals surface area (Å²) in [4.78, 5) is 33.5. The van der Waals surface area contributed by atoms with Crippen LogP contribution in [0.25, 0.3) is 5.76 Å². The molecule has 158 valence electrons. The minimum Gasteiger partial charge on any atom is -0.507 e. The fourth-order valence-electron chi connectivity index (χ4n) is 3.73. The number of aryl methyl sites for hydroxylation is 1. The van der Waals surface area contributed by atoms with Gasteiger partial charge >= 0.3 is 0 Å². The van der Waals surface area contributed by atoms with Gasteiger partial charge in [0.05, 0.1) is 18.7 Å². The van der Waals surface area contributed by atoms with Crippen molar-refractivity contribution in [3.8, 4) is 5.75 Å². The third-order valence-corrected chi connectivity index (χ3v) is 5.25. The van der Waals surface area contributed by atoms with Gasteiger partial charge in [-0.1, -0.05) is 0 Å². The van der Waals surface area contributed by atoms with Gasteiger partial charge in [-0.2, -0.15) is 0 Å². The molecule has 1 N–H and O–H groups in total. The second-order valence-corrected chi connectivity index (χ2v) is 7.61. The molecule has 2 aromatic rings. The summed E-state index contributed by atoms with van der Waals surface area (Å²) in [5.74, 6) is -0.790. The van der Waals surface area contributed by atoms with E-state index in [9.17, 15) is 14.7 Å². The van der Waals surface area contributed by atoms with E-state index in [-0.39, 0.29) is 11.3 Å². The molecule has 1 aromatic heterocycles. The largest absolute Gasteiger partial charge is 0.507 e. The predicted molar refractivity (Wildman–Crippen MR) is 114 cm³/mol. The standard InChI is InChI=1S/C23H27N3O4/c1-15-14-17(30-4)6-7-18(15)21(27)19-20(16-8-10-24-11-9-16)26(23(29)22(19)28)13-5-12-25(2)3/h6-11,14,20,27H,5,12-13H2,1-4H3/t20-/m0/s1. The molecule has 1 aliphatic heterocycles. The molecule has 1 aliphatic rings. The van der Waals surface area contributed by atoms with E-state index in [0.717, 1.165) is 17.7 Å². The van der Waals surface area contributed by atoms with Crippen molar-refractivity contribution in [2.45, 2.75) is 19.4 Å². The minimum absolute atomic E-state index is 0.101. The van der Waals surface area contributed by atoms with E-state index in [0.29, 0.717) is 24.3 Å². The van der Waals surface area contributed by atoms with E-state index < -0.39 is 17.7 Å². The van der Waals surface area contributed by atoms with Crippen LogP contribution < -0.4 is 4.74 Å². The van der Waals surface area contributed by atoms with E-state index >= 15 is 0 Å². The molecule has 0 aliphatic carbocycles. The number of pyridine rings is 1. The van der Waals surface area contributed by atoms with Crippen molar-refractivity contribution in [2.24, 2.45) is 0 Å². The number of methoxy groups -OCH3 is 1. The number of hydrogen-bond donors (Lipinski definition) is 1. The van der Waals surface area contributed by atoms with Crippen molar-refractivity contribution < 1.29 is 19.4 Å². The van der Waals surface area contributed by atoms with Crippen LogP contribution in [0.15, 0.2) is 48.3 Å². The first-order valence-corrected chi connectivity index (χ1v) is 9.83. The SMILES string of the molecule is COc1ccc(C(O)=C2C(=O)C(=O)N(CCCN(C)C)[C@H]2c2ccncc2)c(C)c1. The van der Waals surface area contributed by atoms with Gasteiger partial charge in [-0.15, -0.1) is 0 Å². The van der Waals surface area contributed by atoms with E-state index in [2.05, 4.69) is 4.98 Å². The van der Waals surface area contributed by atoms with Crippen molar-refractivity contribution in [2.75, 3.05) is 34.3 Å². The molecular weight excluding hydrogens is 382 g/mol. The van der Waals surface area contributed by atoms with Crippen molar-refractivity contribution >= 4 is 17.4 Å². The molecular formula is C23H27N3O4. The zero-order chi connectivity index (χ0) is 21.8. The van der Waals surface area contributed by atoms with Gasteiger partial charge in [0, 0.05) is 24.5 Å². The first-order chi connectivity index (χ1) is 14.3. The molecule has 0 saturated carbocycles. The van der Waals surface area contributed by atoms with Gasteiger partial charge in [0.25, 0.3) is 11.7 Å². The van der Waals surface area contributed by atoms with Gasteiger partial charge in [-0.25, -0.2) is 0 Å². The number of Topliss-reactive ketones (excluding diaryl/α,β-unsaturated/α-hetero) is 1. The van der Waals surface area contributed by atoms with Crippen LogP contribution in [0.1, 0.15) is 29.2 Å². The Morgan fingerprint density at radius 2 is 1.90 bits per heavy atom. The summed E-state index contributed by atoms with van der Waals surface area (Å²) in [7, 11) is 5.48. The third kappa shape index (κ3) is 4.21. The molecule has 0 spiro atoms. The minimum atomic E-state index is -0.672. The average molecular weight is 409 g/mol. The molecule has 0 radical (unpaired) electrons. The van der Waals surface area contributed by atoms with E-state index in [1.165, 1.54) is 0 Å². The molecule has 1 amide bonds. The topological polar surface area (TPSA) is 83.0 Å². The first kappa shape index (κ1) is 21.5. The van der Waals surface area contributed by atoms with Crippen LogP contribution >= 0.6 is 0 Å². The second-order valence-electron chi connectivity index (χ2n) is 7.61. The Kier molecular flexibility index (Phi) is 6.52. The number of carbonyl (C=O) groups is 2. The lowest BCUT2D eigenvalue weighted by atomic mass is 9.94. The van der Waals surface area contributed by atoms with Gasteiger partial charge in [0.2, 0.25) is 0 Å². The maximum absolute atomic E-state index is 13.0. The first-order valence-electron chi connectivity index (χ1n) is 9.83. The number of amides is 1. The molecule has 3 rings (SSSR count). The van der Waals surface area contributed by atoms with Crippen molar-refractivity contribution in [1.82, 2.24) is 14.8 Å². The number of aromatic nitrogens is 1. The summed E-state index contributed by atoms with van der Waals surface area (Å²) >= 11 is 0. The van der Waals surface area contributed by atoms with Crippen LogP contribution in [-0.2, 0) is 9.59 Å². The molecule has 2 heterocycles. The van der Waals surface area contributed by atoms with Crippen LogP contribution in [0.5, 0.6) is 5.75 Å². The number of nitrogens with zero attached hydrogens (tertiary/aromatic N) is 3. The zero-order valence-corrected chi connectivity index (χ0v) is 17.8. The molecule has 0 unspecified atom stereocenters. The van der Waals surface area contributed by atoms with Crippen molar-refractivity contribution in [3.63, 3.8) is 0 Å². The lowest BCUT2D eigenvalue weighted by Gasteiger charge is -2.26. The molecule has 7 heteroatoms. The Bertz CT molecular complexity index is 970. The number of aliphatic hydroxyl groups is 1. The summed E-state index contributed by atoms with van der Waals surface area (Å²) in [5, 5.41) is 11.1. The van der Waals surface area contributed by atoms with Crippen LogP contribution in [-0.4, -0.2) is 65.9 Å². The lowest BCUT2D eigenvalue weighted by Crippen LogP contribution is -2.32. The summed E-state index contributed by atoms with van der Waals surface area (Å²) in [6.07, 6.45) is 3.95. The number of aliphatic hydroxyl groups excluding tert-OH is 1. The Labute approximate surface area is 176 Å². The summed E-state index contributed by atoms with van der Waals surface area (Å²) in [6.45, 7) is 3.02. The molecule has 0 bridgehead atoms. The Balaban J connectivity index is 2.09. The Hall–Kier alpha value is -3.19. The molecule has 1 saturated heterocycles. The highest BCUT2D eigenvalue weighted by Crippen LogP contribution is 2.40. The van der Waals surface area contributed by atoms with Gasteiger partial charge < -0.3 is 19.6 Å². The fraction of sp³-hybridized carbons (Fsp3) is 0.348. The van der Waals surface area contributed by atoms with Crippen molar-refractivity contribution in [3.05, 3.63) is 65.0 Å². The van der Waals surface area contributed by atoms with E-state index in [1.54, 1.807) is 54.7 Å². The number of ketones is 1. The molecule has 7 nitrogen and oxygen atoms in total. The normalized spacial score (nSPS) is 18.3. The zero-order valence-electron chi connectivity index (χ0n) is 17.8. The highest BCUT2D eigenvalue weighted by molar-refractivity contribution is 6.46.